The molecule has 21 heavy (non-hydrogen) atoms. The van der Waals surface area contributed by atoms with Crippen LogP contribution in [0.4, 0.5) is 4.79 Å². The number of aliphatic hydroxyl groups is 1. The molecular formula is C15H19NO5. The van der Waals surface area contributed by atoms with Crippen molar-refractivity contribution in [1.82, 2.24) is 4.90 Å². The van der Waals surface area contributed by atoms with E-state index in [2.05, 4.69) is 4.74 Å². The highest BCUT2D eigenvalue weighted by molar-refractivity contribution is 5.81. The van der Waals surface area contributed by atoms with Gasteiger partial charge in [-0.15, -0.1) is 0 Å². The van der Waals surface area contributed by atoms with Gasteiger partial charge in [0, 0.05) is 13.0 Å². The third-order valence-electron chi connectivity index (χ3n) is 3.49. The molecule has 1 aromatic carbocycles. The number of piperidine rings is 1. The summed E-state index contributed by atoms with van der Waals surface area (Å²) in [6.45, 7) is 0.418. The number of nitrogens with zero attached hydrogens (tertiary/aromatic N) is 1. The smallest absolute Gasteiger partial charge is 0.410 e. The molecule has 2 atom stereocenters. The fraction of sp³-hybridized carbons (Fsp3) is 0.467. The molecule has 0 aromatic heterocycles. The number of aliphatic hydroxyl groups excluding tert-OH is 1. The molecule has 0 aliphatic carbocycles. The molecule has 1 aromatic rings. The maximum atomic E-state index is 12.1. The average molecular weight is 293 g/mol. The van der Waals surface area contributed by atoms with Crippen LogP contribution in [-0.4, -0.2) is 47.9 Å². The van der Waals surface area contributed by atoms with Gasteiger partial charge >= 0.3 is 12.1 Å². The van der Waals surface area contributed by atoms with Gasteiger partial charge in [0.2, 0.25) is 0 Å². The Morgan fingerprint density at radius 2 is 2.05 bits per heavy atom. The summed E-state index contributed by atoms with van der Waals surface area (Å²) in [4.78, 5) is 25.2. The Morgan fingerprint density at radius 3 is 2.71 bits per heavy atom. The highest BCUT2D eigenvalue weighted by Gasteiger charge is 2.37. The summed E-state index contributed by atoms with van der Waals surface area (Å²) >= 11 is 0. The third-order valence-corrected chi connectivity index (χ3v) is 3.49. The van der Waals surface area contributed by atoms with Gasteiger partial charge in [-0.25, -0.2) is 9.59 Å². The summed E-state index contributed by atoms with van der Waals surface area (Å²) in [6.07, 6.45) is -0.574. The Hall–Kier alpha value is -2.08. The summed E-state index contributed by atoms with van der Waals surface area (Å²) < 4.78 is 9.91. The van der Waals surface area contributed by atoms with Crippen molar-refractivity contribution in [2.24, 2.45) is 0 Å². The third kappa shape index (κ3) is 3.95. The summed E-state index contributed by atoms with van der Waals surface area (Å²) in [5.41, 5.74) is 0.873. The number of carbonyl (C=O) groups is 2. The SMILES string of the molecule is COC(=O)[C@H]1C[C@H](O)CCN1C(=O)OCc1ccccc1. The lowest BCUT2D eigenvalue weighted by Crippen LogP contribution is -2.51. The van der Waals surface area contributed by atoms with Crippen molar-refractivity contribution >= 4 is 12.1 Å². The minimum absolute atomic E-state index is 0.145. The molecule has 0 spiro atoms. The van der Waals surface area contributed by atoms with E-state index in [1.165, 1.54) is 12.0 Å². The van der Waals surface area contributed by atoms with Crippen LogP contribution in [0.1, 0.15) is 18.4 Å². The molecule has 1 heterocycles. The quantitative estimate of drug-likeness (QED) is 0.851. The summed E-state index contributed by atoms with van der Waals surface area (Å²) in [7, 11) is 1.26. The van der Waals surface area contributed by atoms with Crippen molar-refractivity contribution in [2.75, 3.05) is 13.7 Å². The fourth-order valence-corrected chi connectivity index (χ4v) is 2.33. The maximum absolute atomic E-state index is 12.1. The zero-order valence-electron chi connectivity index (χ0n) is 11.9. The number of rotatable bonds is 3. The number of benzene rings is 1. The molecule has 0 unspecified atom stereocenters. The van der Waals surface area contributed by atoms with Crippen LogP contribution >= 0.6 is 0 Å². The second-order valence-corrected chi connectivity index (χ2v) is 4.95. The van der Waals surface area contributed by atoms with Crippen LogP contribution in [0, 0.1) is 0 Å². The molecule has 1 N–H and O–H groups in total. The van der Waals surface area contributed by atoms with Gasteiger partial charge in [0.05, 0.1) is 13.2 Å². The van der Waals surface area contributed by atoms with Gasteiger partial charge in [0.15, 0.2) is 0 Å². The van der Waals surface area contributed by atoms with Gasteiger partial charge in [-0.3, -0.25) is 4.90 Å². The number of esters is 1. The molecule has 1 aliphatic heterocycles. The van der Waals surface area contributed by atoms with Gasteiger partial charge < -0.3 is 14.6 Å². The minimum Gasteiger partial charge on any atom is -0.467 e. The molecule has 1 aliphatic rings. The number of ether oxygens (including phenoxy) is 2. The van der Waals surface area contributed by atoms with E-state index in [1.54, 1.807) is 0 Å². The topological polar surface area (TPSA) is 76.1 Å². The van der Waals surface area contributed by atoms with Crippen molar-refractivity contribution < 1.29 is 24.2 Å². The Labute approximate surface area is 123 Å². The Morgan fingerprint density at radius 1 is 1.33 bits per heavy atom. The fourth-order valence-electron chi connectivity index (χ4n) is 2.33. The van der Waals surface area contributed by atoms with E-state index >= 15 is 0 Å². The van der Waals surface area contributed by atoms with Crippen LogP contribution in [0.3, 0.4) is 0 Å². The second-order valence-electron chi connectivity index (χ2n) is 4.95. The minimum atomic E-state index is -0.790. The predicted molar refractivity (Wildman–Crippen MR) is 74.4 cm³/mol. The first kappa shape index (κ1) is 15.3. The van der Waals surface area contributed by atoms with Crippen molar-refractivity contribution in [3.8, 4) is 0 Å². The highest BCUT2D eigenvalue weighted by atomic mass is 16.6. The molecule has 1 saturated heterocycles. The summed E-state index contributed by atoms with van der Waals surface area (Å²) in [5, 5.41) is 9.64. The van der Waals surface area contributed by atoms with Gasteiger partial charge in [-0.2, -0.15) is 0 Å². The van der Waals surface area contributed by atoms with E-state index in [4.69, 9.17) is 4.74 Å². The van der Waals surface area contributed by atoms with E-state index in [0.717, 1.165) is 5.56 Å². The van der Waals surface area contributed by atoms with Crippen molar-refractivity contribution in [3.05, 3.63) is 35.9 Å². The predicted octanol–water partition coefficient (Wildman–Crippen LogP) is 1.32. The highest BCUT2D eigenvalue weighted by Crippen LogP contribution is 2.20. The van der Waals surface area contributed by atoms with Gasteiger partial charge in [0.25, 0.3) is 0 Å². The maximum Gasteiger partial charge on any atom is 0.410 e. The number of likely N-dealkylation sites (tertiary alicyclic amines) is 1. The molecule has 1 amide bonds. The van der Waals surface area contributed by atoms with Gasteiger partial charge in [0.1, 0.15) is 12.6 Å². The monoisotopic (exact) mass is 293 g/mol. The number of carbonyl (C=O) groups excluding carboxylic acids is 2. The molecular weight excluding hydrogens is 274 g/mol. The van der Waals surface area contributed by atoms with E-state index in [-0.39, 0.29) is 19.6 Å². The van der Waals surface area contributed by atoms with Gasteiger partial charge in [-0.1, -0.05) is 30.3 Å². The zero-order chi connectivity index (χ0) is 15.2. The van der Waals surface area contributed by atoms with Crippen LogP contribution in [0.25, 0.3) is 0 Å². The van der Waals surface area contributed by atoms with E-state index in [9.17, 15) is 14.7 Å². The van der Waals surface area contributed by atoms with Crippen LogP contribution in [-0.2, 0) is 20.9 Å². The molecule has 6 nitrogen and oxygen atoms in total. The molecule has 1 fully saturated rings. The van der Waals surface area contributed by atoms with Crippen LogP contribution < -0.4 is 0 Å². The van der Waals surface area contributed by atoms with Crippen LogP contribution in [0.2, 0.25) is 0 Å². The van der Waals surface area contributed by atoms with Crippen molar-refractivity contribution in [3.63, 3.8) is 0 Å². The van der Waals surface area contributed by atoms with E-state index < -0.39 is 24.2 Å². The zero-order valence-corrected chi connectivity index (χ0v) is 11.9. The molecule has 0 bridgehead atoms. The first-order valence-electron chi connectivity index (χ1n) is 6.85. The largest absolute Gasteiger partial charge is 0.467 e. The van der Waals surface area contributed by atoms with Crippen molar-refractivity contribution in [2.45, 2.75) is 31.6 Å². The lowest BCUT2D eigenvalue weighted by Gasteiger charge is -2.35. The molecule has 2 rings (SSSR count). The van der Waals surface area contributed by atoms with Crippen LogP contribution in [0.5, 0.6) is 0 Å². The molecule has 0 saturated carbocycles. The number of hydrogen-bond acceptors (Lipinski definition) is 5. The number of methoxy groups -OCH3 is 1. The summed E-state index contributed by atoms with van der Waals surface area (Å²) in [6, 6.07) is 8.51. The molecule has 6 heteroatoms. The average Bonchev–Trinajstić information content (AvgIpc) is 2.52. The number of amides is 1. The first-order valence-corrected chi connectivity index (χ1v) is 6.85. The van der Waals surface area contributed by atoms with Crippen molar-refractivity contribution in [1.29, 1.82) is 0 Å². The van der Waals surface area contributed by atoms with E-state index in [1.807, 2.05) is 30.3 Å². The number of hydrogen-bond donors (Lipinski definition) is 1. The normalized spacial score (nSPS) is 21.7. The van der Waals surface area contributed by atoms with Crippen LogP contribution in [0.15, 0.2) is 30.3 Å². The Kier molecular flexibility index (Phi) is 5.16. The summed E-state index contributed by atoms with van der Waals surface area (Å²) in [5.74, 6) is -0.537. The van der Waals surface area contributed by atoms with Gasteiger partial charge in [-0.05, 0) is 12.0 Å². The standard InChI is InChI=1S/C15H19NO5/c1-20-14(18)13-9-12(17)7-8-16(13)15(19)21-10-11-5-3-2-4-6-11/h2-6,12-13,17H,7-10H2,1H3/t12-,13-/m1/s1. The molecule has 0 radical (unpaired) electrons. The lowest BCUT2D eigenvalue weighted by molar-refractivity contribution is -0.149. The Balaban J connectivity index is 1.97. The molecule has 114 valence electrons. The van der Waals surface area contributed by atoms with E-state index in [0.29, 0.717) is 6.42 Å². The first-order chi connectivity index (χ1) is 10.1. The lowest BCUT2D eigenvalue weighted by atomic mass is 10.00. The second kappa shape index (κ2) is 7.08. The Bertz CT molecular complexity index is 490.